The van der Waals surface area contributed by atoms with Gasteiger partial charge in [-0.2, -0.15) is 0 Å². The van der Waals surface area contributed by atoms with Gasteiger partial charge in [0.05, 0.1) is 18.0 Å². The van der Waals surface area contributed by atoms with Crippen LogP contribution < -0.4 is 37.6 Å². The van der Waals surface area contributed by atoms with Crippen molar-refractivity contribution in [2.24, 2.45) is 23.5 Å². The lowest BCUT2D eigenvalue weighted by Gasteiger charge is -2.31. The molecule has 17 heteroatoms. The highest BCUT2D eigenvalue weighted by Gasteiger charge is 2.37. The van der Waals surface area contributed by atoms with E-state index in [1.807, 2.05) is 13.8 Å². The number of aliphatic carboxylic acids is 1. The van der Waals surface area contributed by atoms with Crippen molar-refractivity contribution in [3.8, 4) is 0 Å². The first kappa shape index (κ1) is 46.9. The predicted molar refractivity (Wildman–Crippen MR) is 191 cm³/mol. The molecule has 294 valence electrons. The van der Waals surface area contributed by atoms with Gasteiger partial charge in [-0.25, -0.2) is 9.59 Å². The highest BCUT2D eigenvalue weighted by molar-refractivity contribution is 5.96. The van der Waals surface area contributed by atoms with Crippen LogP contribution in [0.3, 0.4) is 0 Å². The first-order chi connectivity index (χ1) is 23.4. The van der Waals surface area contributed by atoms with Crippen molar-refractivity contribution in [2.45, 2.75) is 143 Å². The van der Waals surface area contributed by atoms with Gasteiger partial charge >= 0.3 is 12.1 Å². The summed E-state index contributed by atoms with van der Waals surface area (Å²) in [7, 11) is 0. The summed E-state index contributed by atoms with van der Waals surface area (Å²) in [6.07, 6.45) is -2.83. The topological polar surface area (TPSA) is 271 Å². The third-order valence-electron chi connectivity index (χ3n) is 7.81. The Bertz CT molecular complexity index is 1190. The highest BCUT2D eigenvalue weighted by atomic mass is 16.6. The zero-order valence-electron chi connectivity index (χ0n) is 31.8. The lowest BCUT2D eigenvalue weighted by Crippen LogP contribution is -2.61. The van der Waals surface area contributed by atoms with E-state index in [2.05, 4.69) is 38.5 Å². The molecule has 11 N–H and O–H groups in total. The monoisotopic (exact) mass is 729 g/mol. The summed E-state index contributed by atoms with van der Waals surface area (Å²) in [5.74, 6) is -5.54. The average Bonchev–Trinajstić information content (AvgIpc) is 2.99. The highest BCUT2D eigenvalue weighted by Crippen LogP contribution is 2.14. The number of rotatable bonds is 22. The van der Waals surface area contributed by atoms with E-state index in [-0.39, 0.29) is 31.1 Å². The predicted octanol–water partition coefficient (Wildman–Crippen LogP) is 0.193. The number of amides is 5. The molecule has 17 nitrogen and oxygen atoms in total. The lowest BCUT2D eigenvalue weighted by atomic mass is 9.96. The van der Waals surface area contributed by atoms with Crippen LogP contribution in [0.1, 0.15) is 94.9 Å². The van der Waals surface area contributed by atoms with Gasteiger partial charge in [0.1, 0.15) is 29.8 Å². The van der Waals surface area contributed by atoms with Crippen molar-refractivity contribution in [1.82, 2.24) is 31.9 Å². The fourth-order valence-corrected chi connectivity index (χ4v) is 4.77. The molecule has 0 saturated heterocycles. The summed E-state index contributed by atoms with van der Waals surface area (Å²) in [6.45, 7) is 20.3. The number of carbonyl (C=O) groups is 6. The van der Waals surface area contributed by atoms with Crippen LogP contribution in [0.4, 0.5) is 4.79 Å². The number of nitrogens with two attached hydrogens (primary N) is 1. The number of nitrogens with one attached hydrogen (secondary N) is 6. The minimum atomic E-state index is -1.63. The smallest absolute Gasteiger partial charge is 0.408 e. The van der Waals surface area contributed by atoms with Crippen LogP contribution in [-0.4, -0.2) is 106 Å². The minimum absolute atomic E-state index is 0.0509. The maximum Gasteiger partial charge on any atom is 0.408 e. The van der Waals surface area contributed by atoms with E-state index in [1.54, 1.807) is 48.5 Å². The van der Waals surface area contributed by atoms with Crippen molar-refractivity contribution in [1.29, 1.82) is 0 Å². The summed E-state index contributed by atoms with van der Waals surface area (Å²) in [5, 5.41) is 45.6. The van der Waals surface area contributed by atoms with Crippen LogP contribution in [-0.2, 0) is 28.7 Å². The van der Waals surface area contributed by atoms with E-state index >= 15 is 0 Å². The van der Waals surface area contributed by atoms with Gasteiger partial charge in [0.15, 0.2) is 6.04 Å². The van der Waals surface area contributed by atoms with Gasteiger partial charge < -0.3 is 57.7 Å². The standard InChI is InChI=1S/C34H63N7O10/c1-12-19(6)24(30(46)40-25(20(7)42)32(48)49)39-28(44)22(14-13-15-36-21(8)35)37-29(45)23(16-17(2)3)38-31(47)26(27(43)18(4)5)41-33(50)51-34(9,10)11/h17-20,22-27,36,42-43H,8,12-16,35H2,1-7,9-11H3,(H,37,45)(H,38,47)(H,39,44)(H,40,46)(H,41,50)(H,48,49)/t19-,20-,22+,23-,24-,25-,26-,27+/m0/s1. The van der Waals surface area contributed by atoms with Crippen molar-refractivity contribution < 1.29 is 48.8 Å². The van der Waals surface area contributed by atoms with Crippen molar-refractivity contribution >= 4 is 35.7 Å². The van der Waals surface area contributed by atoms with Crippen LogP contribution in [0.25, 0.3) is 0 Å². The van der Waals surface area contributed by atoms with E-state index in [9.17, 15) is 44.1 Å². The molecule has 51 heavy (non-hydrogen) atoms. The lowest BCUT2D eigenvalue weighted by molar-refractivity contribution is -0.145. The zero-order chi connectivity index (χ0) is 39.8. The molecule has 0 fully saturated rings. The minimum Gasteiger partial charge on any atom is -0.480 e. The van der Waals surface area contributed by atoms with Gasteiger partial charge in [-0.15, -0.1) is 0 Å². The molecule has 0 aromatic carbocycles. The van der Waals surface area contributed by atoms with E-state index in [0.717, 1.165) is 0 Å². The average molecular weight is 730 g/mol. The maximum absolute atomic E-state index is 13.8. The molecule has 0 rings (SSSR count). The van der Waals surface area contributed by atoms with Gasteiger partial charge in [0.25, 0.3) is 0 Å². The number of carboxylic acid groups (broad SMARTS) is 1. The molecule has 0 aromatic rings. The fraction of sp³-hybridized carbons (Fsp3) is 0.765. The van der Waals surface area contributed by atoms with Crippen molar-refractivity contribution in [3.05, 3.63) is 12.4 Å². The number of hydrogen-bond donors (Lipinski definition) is 10. The molecule has 0 aromatic heterocycles. The number of ether oxygens (including phenoxy) is 1. The molecule has 0 saturated carbocycles. The van der Waals surface area contributed by atoms with Crippen LogP contribution in [0.2, 0.25) is 0 Å². The molecule has 0 bridgehead atoms. The second-order valence-corrected chi connectivity index (χ2v) is 14.6. The molecule has 8 atom stereocenters. The first-order valence-corrected chi connectivity index (χ1v) is 17.4. The molecule has 0 heterocycles. The van der Waals surface area contributed by atoms with Crippen LogP contribution >= 0.6 is 0 Å². The van der Waals surface area contributed by atoms with Gasteiger partial charge in [0.2, 0.25) is 23.6 Å². The van der Waals surface area contributed by atoms with E-state index < -0.39 is 95.5 Å². The van der Waals surface area contributed by atoms with Crippen molar-refractivity contribution in [2.75, 3.05) is 6.54 Å². The molecule has 0 aliphatic carbocycles. The Balaban J connectivity index is 6.41. The first-order valence-electron chi connectivity index (χ1n) is 17.4. The van der Waals surface area contributed by atoms with E-state index in [4.69, 9.17) is 10.5 Å². The van der Waals surface area contributed by atoms with E-state index in [1.165, 1.54) is 6.92 Å². The third-order valence-corrected chi connectivity index (χ3v) is 7.81. The van der Waals surface area contributed by atoms with Crippen LogP contribution in [0.5, 0.6) is 0 Å². The van der Waals surface area contributed by atoms with Crippen molar-refractivity contribution in [3.63, 3.8) is 0 Å². The molecule has 0 radical (unpaired) electrons. The molecule has 5 amide bonds. The largest absolute Gasteiger partial charge is 0.480 e. The second kappa shape index (κ2) is 22.0. The van der Waals surface area contributed by atoms with Gasteiger partial charge in [-0.05, 0) is 64.7 Å². The Morgan fingerprint density at radius 2 is 1.27 bits per heavy atom. The molecular formula is C34H63N7O10. The maximum atomic E-state index is 13.8. The number of carboxylic acids is 1. The number of alkyl carbamates (subject to hydrolysis) is 1. The normalized spacial score (nSPS) is 16.3. The third kappa shape index (κ3) is 18.1. The van der Waals surface area contributed by atoms with Crippen LogP contribution in [0.15, 0.2) is 12.4 Å². The Hall–Kier alpha value is -4.12. The van der Waals surface area contributed by atoms with Crippen LogP contribution in [0, 0.1) is 17.8 Å². The summed E-state index contributed by atoms with van der Waals surface area (Å²) < 4.78 is 5.27. The molecule has 0 unspecified atom stereocenters. The number of aliphatic hydroxyl groups is 2. The SMILES string of the molecule is C=C(N)NCCC[C@@H](NC(=O)[C@H](CC(C)C)NC(=O)[C@@H](NC(=O)OC(C)(C)C)[C@H](O)C(C)C)C(=O)N[C@H](C(=O)N[C@H](C(=O)O)[C@H](C)O)[C@@H](C)CC. The molecule has 0 aliphatic rings. The van der Waals surface area contributed by atoms with Gasteiger partial charge in [-0.3, -0.25) is 19.2 Å². The number of carbonyl (C=O) groups excluding carboxylic acids is 5. The summed E-state index contributed by atoms with van der Waals surface area (Å²) >= 11 is 0. The number of hydrogen-bond acceptors (Lipinski definition) is 11. The molecule has 0 spiro atoms. The Labute approximate surface area is 301 Å². The molecular weight excluding hydrogens is 666 g/mol. The number of aliphatic hydroxyl groups excluding tert-OH is 2. The Morgan fingerprint density at radius 1 is 0.765 bits per heavy atom. The molecule has 0 aliphatic heterocycles. The Kier molecular flexibility index (Phi) is 20.2. The quantitative estimate of drug-likeness (QED) is 0.0670. The summed E-state index contributed by atoms with van der Waals surface area (Å²) in [5.41, 5.74) is 4.70. The Morgan fingerprint density at radius 3 is 1.73 bits per heavy atom. The zero-order valence-corrected chi connectivity index (χ0v) is 31.8. The van der Waals surface area contributed by atoms with Gasteiger partial charge in [0, 0.05) is 6.54 Å². The summed E-state index contributed by atoms with van der Waals surface area (Å²) in [6, 6.07) is -6.79. The second-order valence-electron chi connectivity index (χ2n) is 14.6. The summed E-state index contributed by atoms with van der Waals surface area (Å²) in [4.78, 5) is 78.5. The van der Waals surface area contributed by atoms with E-state index in [0.29, 0.717) is 12.8 Å². The van der Waals surface area contributed by atoms with Gasteiger partial charge in [-0.1, -0.05) is 54.5 Å². The fourth-order valence-electron chi connectivity index (χ4n) is 4.77.